The second-order valence-corrected chi connectivity index (χ2v) is 9.19. The van der Waals surface area contributed by atoms with Gasteiger partial charge in [-0.2, -0.15) is 5.10 Å². The zero-order valence-electron chi connectivity index (χ0n) is 20.9. The van der Waals surface area contributed by atoms with E-state index in [9.17, 15) is 9.18 Å². The summed E-state index contributed by atoms with van der Waals surface area (Å²) in [4.78, 5) is 19.5. The number of allylic oxidation sites excluding steroid dienone is 1. The van der Waals surface area contributed by atoms with Gasteiger partial charge in [0.25, 0.3) is 5.91 Å². The van der Waals surface area contributed by atoms with Gasteiger partial charge in [-0.25, -0.2) is 13.9 Å². The van der Waals surface area contributed by atoms with Crippen LogP contribution in [0.25, 0.3) is 5.52 Å². The Balaban J connectivity index is 0.000000377. The van der Waals surface area contributed by atoms with Gasteiger partial charge in [0.15, 0.2) is 5.15 Å². The van der Waals surface area contributed by atoms with Gasteiger partial charge in [0.2, 0.25) is 5.95 Å². The van der Waals surface area contributed by atoms with E-state index in [-0.39, 0.29) is 11.1 Å². The molecule has 3 aromatic heterocycles. The number of carbonyl (C=O) groups is 1. The minimum absolute atomic E-state index is 0.249. The quantitative estimate of drug-likeness (QED) is 0.516. The van der Waals surface area contributed by atoms with E-state index in [1.807, 2.05) is 19.9 Å². The molecule has 3 saturated heterocycles. The van der Waals surface area contributed by atoms with Crippen LogP contribution in [0, 0.1) is 0 Å². The number of carbonyl (C=O) groups excluding carboxylic acids is 1. The standard InChI is InChI=1S/C17H19ClN8O.C5H9F.C2H6/c1-24-9-13(15(18)22-24)21-16(27)14-5-4-12-7-20-17(23-26(12)14)25-8-10-2-3-11(25)6-19-10;1-4-5(2,3)6;1-2/h4-5,7,9-11,19H,2-3,6,8H2,1H3,(H,21,27);4H,1H2,2-3H3;1-2H3. The minimum atomic E-state index is -1.19. The number of aromatic nitrogens is 5. The summed E-state index contributed by atoms with van der Waals surface area (Å²) < 4.78 is 15.2. The Bertz CT molecular complexity index is 1160. The lowest BCUT2D eigenvalue weighted by atomic mass is 9.93. The van der Waals surface area contributed by atoms with E-state index in [0.29, 0.717) is 29.4 Å². The Hall–Kier alpha value is -2.98. The lowest BCUT2D eigenvalue weighted by molar-refractivity contribution is 0.102. The van der Waals surface area contributed by atoms with Crippen molar-refractivity contribution in [3.8, 4) is 0 Å². The molecule has 9 nitrogen and oxygen atoms in total. The van der Waals surface area contributed by atoms with Crippen molar-refractivity contribution in [1.82, 2.24) is 29.7 Å². The highest BCUT2D eigenvalue weighted by molar-refractivity contribution is 6.32. The van der Waals surface area contributed by atoms with Crippen molar-refractivity contribution < 1.29 is 9.18 Å². The third-order valence-corrected chi connectivity index (χ3v) is 6.02. The monoisotopic (exact) mass is 504 g/mol. The number of piperazine rings is 1. The number of nitrogens with zero attached hydrogens (tertiary/aromatic N) is 6. The first-order valence-corrected chi connectivity index (χ1v) is 12.2. The molecule has 2 unspecified atom stereocenters. The largest absolute Gasteiger partial charge is 0.334 e. The summed E-state index contributed by atoms with van der Waals surface area (Å²) in [6.07, 6.45) is 7.01. The van der Waals surface area contributed by atoms with E-state index in [1.54, 1.807) is 34.7 Å². The Labute approximate surface area is 210 Å². The summed E-state index contributed by atoms with van der Waals surface area (Å²) >= 11 is 6.04. The van der Waals surface area contributed by atoms with E-state index in [1.165, 1.54) is 26.3 Å². The molecule has 3 aliphatic heterocycles. The Morgan fingerprint density at radius 1 is 1.31 bits per heavy atom. The summed E-state index contributed by atoms with van der Waals surface area (Å²) in [5.74, 6) is 0.361. The number of nitrogens with one attached hydrogen (secondary N) is 2. The lowest BCUT2D eigenvalue weighted by Crippen LogP contribution is -2.61. The number of fused-ring (bicyclic) bond motifs is 4. The first-order valence-electron chi connectivity index (χ1n) is 11.8. The molecule has 2 bridgehead atoms. The van der Waals surface area contributed by atoms with Gasteiger partial charge in [0.1, 0.15) is 11.4 Å². The van der Waals surface area contributed by atoms with Crippen molar-refractivity contribution in [2.45, 2.75) is 58.3 Å². The molecule has 2 atom stereocenters. The molecular formula is C24H34ClFN8O. The average molecular weight is 505 g/mol. The number of hydrogen-bond acceptors (Lipinski definition) is 6. The van der Waals surface area contributed by atoms with Crippen LogP contribution in [0.5, 0.6) is 0 Å². The highest BCUT2D eigenvalue weighted by Gasteiger charge is 2.35. The maximum absolute atomic E-state index is 12.8. The number of amides is 1. The molecule has 0 radical (unpaired) electrons. The zero-order valence-corrected chi connectivity index (χ0v) is 21.7. The first-order chi connectivity index (χ1) is 16.6. The number of hydrogen-bond donors (Lipinski definition) is 2. The highest BCUT2D eigenvalue weighted by Crippen LogP contribution is 2.26. The number of rotatable bonds is 4. The highest BCUT2D eigenvalue weighted by atomic mass is 35.5. The molecule has 6 rings (SSSR count). The molecule has 0 spiro atoms. The van der Waals surface area contributed by atoms with Gasteiger partial charge in [-0.1, -0.05) is 38.1 Å². The number of piperidine rings is 2. The maximum atomic E-state index is 12.8. The van der Waals surface area contributed by atoms with Gasteiger partial charge < -0.3 is 15.5 Å². The molecule has 2 N–H and O–H groups in total. The van der Waals surface area contributed by atoms with Crippen molar-refractivity contribution in [2.24, 2.45) is 7.05 Å². The van der Waals surface area contributed by atoms with Crippen LogP contribution in [-0.4, -0.2) is 61.1 Å². The fourth-order valence-electron chi connectivity index (χ4n) is 3.88. The summed E-state index contributed by atoms with van der Waals surface area (Å²) in [5, 5.41) is 15.3. The predicted octanol–water partition coefficient (Wildman–Crippen LogP) is 4.26. The molecule has 3 aliphatic rings. The number of halogens is 2. The van der Waals surface area contributed by atoms with Crippen LogP contribution in [0.3, 0.4) is 0 Å². The van der Waals surface area contributed by atoms with Crippen LogP contribution in [0.1, 0.15) is 51.0 Å². The summed E-state index contributed by atoms with van der Waals surface area (Å²) in [7, 11) is 1.74. The molecule has 0 saturated carbocycles. The smallest absolute Gasteiger partial charge is 0.274 e. The van der Waals surface area contributed by atoms with Crippen LogP contribution in [-0.2, 0) is 7.05 Å². The molecule has 1 amide bonds. The van der Waals surface area contributed by atoms with Gasteiger partial charge >= 0.3 is 0 Å². The molecule has 6 heterocycles. The maximum Gasteiger partial charge on any atom is 0.274 e. The second kappa shape index (κ2) is 11.2. The summed E-state index contributed by atoms with van der Waals surface area (Å²) in [6, 6.07) is 4.44. The Morgan fingerprint density at radius 2 is 2.03 bits per heavy atom. The predicted molar refractivity (Wildman–Crippen MR) is 138 cm³/mol. The molecule has 35 heavy (non-hydrogen) atoms. The zero-order chi connectivity index (χ0) is 25.8. The molecule has 0 aliphatic carbocycles. The van der Waals surface area contributed by atoms with Gasteiger partial charge in [0.05, 0.1) is 17.4 Å². The van der Waals surface area contributed by atoms with E-state index in [2.05, 4.69) is 37.3 Å². The molecule has 190 valence electrons. The van der Waals surface area contributed by atoms with E-state index < -0.39 is 5.67 Å². The third kappa shape index (κ3) is 6.37. The Kier molecular flexibility index (Phi) is 8.50. The van der Waals surface area contributed by atoms with Crippen molar-refractivity contribution >= 4 is 34.7 Å². The second-order valence-electron chi connectivity index (χ2n) is 8.83. The van der Waals surface area contributed by atoms with Crippen molar-refractivity contribution in [1.29, 1.82) is 0 Å². The van der Waals surface area contributed by atoms with Gasteiger partial charge in [-0.3, -0.25) is 9.48 Å². The number of aryl methyl sites for hydroxylation is 1. The lowest BCUT2D eigenvalue weighted by Gasteiger charge is -2.45. The van der Waals surface area contributed by atoms with Crippen molar-refractivity contribution in [2.75, 3.05) is 23.3 Å². The van der Waals surface area contributed by atoms with Crippen LogP contribution >= 0.6 is 11.6 Å². The summed E-state index contributed by atoms with van der Waals surface area (Å²) in [5.41, 5.74) is 0.461. The molecule has 3 aromatic rings. The van der Waals surface area contributed by atoms with Gasteiger partial charge in [0, 0.05) is 38.4 Å². The van der Waals surface area contributed by atoms with Crippen LogP contribution in [0.15, 0.2) is 37.2 Å². The first kappa shape index (κ1) is 26.6. The SMILES string of the molecule is C=CC(C)(C)F.CC.Cn1cc(NC(=O)c2ccc3cnc(N4CC5CCC4CN5)nn23)c(Cl)n1. The molecule has 0 aromatic carbocycles. The Morgan fingerprint density at radius 3 is 2.54 bits per heavy atom. The van der Waals surface area contributed by atoms with Gasteiger partial charge in [-0.05, 0) is 38.8 Å². The number of anilines is 2. The average Bonchev–Trinajstić information content (AvgIpc) is 3.42. The van der Waals surface area contributed by atoms with E-state index in [4.69, 9.17) is 11.6 Å². The van der Waals surface area contributed by atoms with E-state index in [0.717, 1.165) is 25.0 Å². The van der Waals surface area contributed by atoms with Crippen molar-refractivity contribution in [3.63, 3.8) is 0 Å². The van der Waals surface area contributed by atoms with Crippen LogP contribution in [0.2, 0.25) is 5.15 Å². The van der Waals surface area contributed by atoms with E-state index >= 15 is 0 Å². The third-order valence-electron chi connectivity index (χ3n) is 5.74. The fraction of sp³-hybridized carbons (Fsp3) is 0.500. The van der Waals surface area contributed by atoms with Gasteiger partial charge in [-0.15, -0.1) is 5.10 Å². The van der Waals surface area contributed by atoms with Crippen molar-refractivity contribution in [3.05, 3.63) is 48.0 Å². The fourth-order valence-corrected chi connectivity index (χ4v) is 4.10. The number of alkyl halides is 1. The molecular weight excluding hydrogens is 471 g/mol. The topological polar surface area (TPSA) is 92.4 Å². The van der Waals surface area contributed by atoms with Crippen LogP contribution < -0.4 is 15.5 Å². The summed E-state index contributed by atoms with van der Waals surface area (Å²) in [6.45, 7) is 12.0. The molecule has 3 fully saturated rings. The molecule has 11 heteroatoms. The normalized spacial score (nSPS) is 18.9. The minimum Gasteiger partial charge on any atom is -0.334 e. The van der Waals surface area contributed by atoms with Crippen LogP contribution in [0.4, 0.5) is 16.0 Å².